The maximum absolute atomic E-state index is 11.9. The van der Waals surface area contributed by atoms with Gasteiger partial charge in [-0.2, -0.15) is 0 Å². The zero-order valence-corrected chi connectivity index (χ0v) is 16.8. The molecular formula is C21H34O4. The summed E-state index contributed by atoms with van der Waals surface area (Å²) in [7, 11) is 1.69. The van der Waals surface area contributed by atoms with E-state index in [2.05, 4.69) is 13.8 Å². The lowest BCUT2D eigenvalue weighted by molar-refractivity contribution is -0.157. The predicted octanol–water partition coefficient (Wildman–Crippen LogP) is 4.62. The Morgan fingerprint density at radius 1 is 1.20 bits per heavy atom. The molecule has 0 aliphatic heterocycles. The molecule has 0 fully saturated rings. The van der Waals surface area contributed by atoms with E-state index in [1.54, 1.807) is 7.11 Å². The predicted molar refractivity (Wildman–Crippen MR) is 101 cm³/mol. The number of ether oxygens (including phenoxy) is 2. The molecule has 0 aliphatic rings. The maximum atomic E-state index is 11.9. The van der Waals surface area contributed by atoms with E-state index in [4.69, 9.17) is 9.47 Å². The van der Waals surface area contributed by atoms with E-state index in [9.17, 15) is 9.90 Å². The fourth-order valence-electron chi connectivity index (χ4n) is 2.81. The van der Waals surface area contributed by atoms with Crippen LogP contribution in [0.4, 0.5) is 0 Å². The molecule has 0 saturated heterocycles. The summed E-state index contributed by atoms with van der Waals surface area (Å²) in [5.74, 6) is 0.318. The van der Waals surface area contributed by atoms with Crippen molar-refractivity contribution in [1.82, 2.24) is 0 Å². The van der Waals surface area contributed by atoms with Crippen molar-refractivity contribution in [3.05, 3.63) is 29.3 Å². The maximum Gasteiger partial charge on any atom is 0.306 e. The van der Waals surface area contributed by atoms with Crippen LogP contribution >= 0.6 is 0 Å². The first-order valence-electron chi connectivity index (χ1n) is 9.00. The lowest BCUT2D eigenvalue weighted by Crippen LogP contribution is -2.31. The van der Waals surface area contributed by atoms with Gasteiger partial charge in [0.15, 0.2) is 0 Å². The Morgan fingerprint density at radius 3 is 2.36 bits per heavy atom. The fourth-order valence-corrected chi connectivity index (χ4v) is 2.81. The van der Waals surface area contributed by atoms with Crippen molar-refractivity contribution in [3.63, 3.8) is 0 Å². The summed E-state index contributed by atoms with van der Waals surface area (Å²) in [6, 6.07) is 5.78. The molecule has 1 aromatic rings. The summed E-state index contributed by atoms with van der Waals surface area (Å²) >= 11 is 0. The van der Waals surface area contributed by atoms with E-state index >= 15 is 0 Å². The molecule has 4 nitrogen and oxygen atoms in total. The highest BCUT2D eigenvalue weighted by Crippen LogP contribution is 2.33. The quantitative estimate of drug-likeness (QED) is 0.660. The van der Waals surface area contributed by atoms with Crippen LogP contribution in [-0.4, -0.2) is 30.4 Å². The number of esters is 1. The molecule has 0 spiro atoms. The number of rotatable bonds is 9. The first-order valence-corrected chi connectivity index (χ1v) is 9.00. The van der Waals surface area contributed by atoms with Gasteiger partial charge in [-0.15, -0.1) is 0 Å². The minimum atomic E-state index is -0.656. The molecule has 0 aromatic heterocycles. The molecule has 1 rings (SSSR count). The molecule has 0 aliphatic carbocycles. The van der Waals surface area contributed by atoms with Crippen molar-refractivity contribution >= 4 is 5.97 Å². The number of aromatic hydroxyl groups is 1. The van der Waals surface area contributed by atoms with Crippen molar-refractivity contribution in [2.75, 3.05) is 13.7 Å². The van der Waals surface area contributed by atoms with Crippen LogP contribution in [0.1, 0.15) is 65.5 Å². The Balaban J connectivity index is 2.85. The zero-order chi connectivity index (χ0) is 19.3. The SMILES string of the molecule is COCCC(C)(C)c1ccc(CC(C)(C)OC(=O)CC(C)C)c(O)c1. The van der Waals surface area contributed by atoms with E-state index in [1.807, 2.05) is 45.9 Å². The highest BCUT2D eigenvalue weighted by atomic mass is 16.6. The number of hydrogen-bond acceptors (Lipinski definition) is 4. The van der Waals surface area contributed by atoms with E-state index in [1.165, 1.54) is 0 Å². The summed E-state index contributed by atoms with van der Waals surface area (Å²) in [5.41, 5.74) is 1.12. The molecule has 4 heteroatoms. The molecule has 0 saturated carbocycles. The van der Waals surface area contributed by atoms with Crippen LogP contribution in [0.15, 0.2) is 18.2 Å². The Bertz CT molecular complexity index is 573. The van der Waals surface area contributed by atoms with Crippen LogP contribution in [0.25, 0.3) is 0 Å². The van der Waals surface area contributed by atoms with Gasteiger partial charge in [0.1, 0.15) is 11.4 Å². The Hall–Kier alpha value is -1.55. The second-order valence-electron chi connectivity index (χ2n) is 8.48. The van der Waals surface area contributed by atoms with Crippen molar-refractivity contribution in [2.45, 2.75) is 71.8 Å². The molecule has 0 unspecified atom stereocenters. The zero-order valence-electron chi connectivity index (χ0n) is 16.8. The third kappa shape index (κ3) is 7.07. The Morgan fingerprint density at radius 2 is 1.84 bits per heavy atom. The number of hydrogen-bond donors (Lipinski definition) is 1. The third-order valence-corrected chi connectivity index (χ3v) is 4.38. The molecule has 0 radical (unpaired) electrons. The van der Waals surface area contributed by atoms with Crippen LogP contribution < -0.4 is 0 Å². The van der Waals surface area contributed by atoms with Gasteiger partial charge in [0.25, 0.3) is 0 Å². The molecule has 25 heavy (non-hydrogen) atoms. The Kier molecular flexibility index (Phi) is 7.48. The van der Waals surface area contributed by atoms with Gasteiger partial charge in [-0.05, 0) is 48.8 Å². The summed E-state index contributed by atoms with van der Waals surface area (Å²) in [6.45, 7) is 12.7. The number of phenols is 1. The molecule has 0 amide bonds. The average Bonchev–Trinajstić information content (AvgIpc) is 2.45. The van der Waals surface area contributed by atoms with Crippen LogP contribution in [0.3, 0.4) is 0 Å². The first-order chi connectivity index (χ1) is 11.5. The minimum absolute atomic E-state index is 0.0781. The van der Waals surface area contributed by atoms with Gasteiger partial charge >= 0.3 is 5.97 Å². The molecule has 0 bridgehead atoms. The summed E-state index contributed by atoms with van der Waals surface area (Å²) in [5, 5.41) is 10.5. The molecular weight excluding hydrogens is 316 g/mol. The van der Waals surface area contributed by atoms with Gasteiger partial charge in [0, 0.05) is 26.6 Å². The van der Waals surface area contributed by atoms with Gasteiger partial charge in [-0.25, -0.2) is 0 Å². The normalized spacial score (nSPS) is 12.5. The van der Waals surface area contributed by atoms with E-state index in [-0.39, 0.29) is 23.1 Å². The Labute approximate surface area is 152 Å². The number of carbonyl (C=O) groups excluding carboxylic acids is 1. The number of benzene rings is 1. The largest absolute Gasteiger partial charge is 0.508 e. The summed E-state index contributed by atoms with van der Waals surface area (Å²) < 4.78 is 10.8. The average molecular weight is 350 g/mol. The van der Waals surface area contributed by atoms with Crippen LogP contribution in [-0.2, 0) is 26.1 Å². The smallest absolute Gasteiger partial charge is 0.306 e. The van der Waals surface area contributed by atoms with E-state index < -0.39 is 5.60 Å². The summed E-state index contributed by atoms with van der Waals surface area (Å²) in [6.07, 6.45) is 1.75. The number of methoxy groups -OCH3 is 1. The highest BCUT2D eigenvalue weighted by molar-refractivity contribution is 5.70. The van der Waals surface area contributed by atoms with Crippen LogP contribution in [0.2, 0.25) is 0 Å². The van der Waals surface area contributed by atoms with Gasteiger partial charge in [-0.1, -0.05) is 39.8 Å². The molecule has 1 aromatic carbocycles. The minimum Gasteiger partial charge on any atom is -0.508 e. The van der Waals surface area contributed by atoms with E-state index in [0.29, 0.717) is 19.4 Å². The monoisotopic (exact) mass is 350 g/mol. The molecule has 0 atom stereocenters. The third-order valence-electron chi connectivity index (χ3n) is 4.38. The molecule has 1 N–H and O–H groups in total. The van der Waals surface area contributed by atoms with Gasteiger partial charge in [0.05, 0.1) is 0 Å². The van der Waals surface area contributed by atoms with Gasteiger partial charge < -0.3 is 14.6 Å². The lowest BCUT2D eigenvalue weighted by atomic mass is 9.81. The lowest BCUT2D eigenvalue weighted by Gasteiger charge is -2.28. The van der Waals surface area contributed by atoms with E-state index in [0.717, 1.165) is 17.5 Å². The second kappa shape index (κ2) is 8.70. The molecule has 0 heterocycles. The highest BCUT2D eigenvalue weighted by Gasteiger charge is 2.26. The topological polar surface area (TPSA) is 55.8 Å². The number of carbonyl (C=O) groups is 1. The van der Waals surface area contributed by atoms with Crippen LogP contribution in [0.5, 0.6) is 5.75 Å². The number of phenolic OH excluding ortho intramolecular Hbond substituents is 1. The second-order valence-corrected chi connectivity index (χ2v) is 8.48. The van der Waals surface area contributed by atoms with Crippen LogP contribution in [0, 0.1) is 5.92 Å². The molecule has 142 valence electrons. The van der Waals surface area contributed by atoms with Crippen molar-refractivity contribution in [2.24, 2.45) is 5.92 Å². The van der Waals surface area contributed by atoms with Crippen molar-refractivity contribution in [3.8, 4) is 5.75 Å². The van der Waals surface area contributed by atoms with Gasteiger partial charge in [-0.3, -0.25) is 4.79 Å². The van der Waals surface area contributed by atoms with Gasteiger partial charge in [0.2, 0.25) is 0 Å². The fraction of sp³-hybridized carbons (Fsp3) is 0.667. The summed E-state index contributed by atoms with van der Waals surface area (Å²) in [4.78, 5) is 11.9. The van der Waals surface area contributed by atoms with Crippen molar-refractivity contribution in [1.29, 1.82) is 0 Å². The first kappa shape index (κ1) is 21.5. The van der Waals surface area contributed by atoms with Crippen molar-refractivity contribution < 1.29 is 19.4 Å². The standard InChI is InChI=1S/C21H34O4/c1-15(2)12-19(23)25-21(5,6)14-16-8-9-17(13-18(16)22)20(3,4)10-11-24-7/h8-9,13,15,22H,10-12,14H2,1-7H3.